The van der Waals surface area contributed by atoms with E-state index < -0.39 is 0 Å². The molecule has 1 amide bonds. The predicted molar refractivity (Wildman–Crippen MR) is 103 cm³/mol. The Kier molecular flexibility index (Phi) is 7.29. The fourth-order valence-electron chi connectivity index (χ4n) is 4.10. The van der Waals surface area contributed by atoms with Crippen molar-refractivity contribution in [3.05, 3.63) is 34.6 Å². The molecule has 2 aliphatic rings. The highest BCUT2D eigenvalue weighted by Gasteiger charge is 2.28. The van der Waals surface area contributed by atoms with Crippen molar-refractivity contribution in [1.29, 1.82) is 0 Å². The van der Waals surface area contributed by atoms with Gasteiger partial charge in [0.1, 0.15) is 5.82 Å². The van der Waals surface area contributed by atoms with Crippen molar-refractivity contribution in [2.45, 2.75) is 44.6 Å². The van der Waals surface area contributed by atoms with E-state index in [2.05, 4.69) is 15.5 Å². The quantitative estimate of drug-likeness (QED) is 0.759. The van der Waals surface area contributed by atoms with E-state index >= 15 is 0 Å². The zero-order valence-electron chi connectivity index (χ0n) is 15.3. The maximum Gasteiger partial charge on any atom is 0.220 e. The molecule has 3 rings (SSSR count). The van der Waals surface area contributed by atoms with Gasteiger partial charge in [-0.3, -0.25) is 9.69 Å². The summed E-state index contributed by atoms with van der Waals surface area (Å²) in [6.07, 6.45) is 5.98. The van der Waals surface area contributed by atoms with E-state index in [1.54, 1.807) is 12.1 Å². The molecule has 0 radical (unpaired) electrons. The number of amides is 1. The van der Waals surface area contributed by atoms with Gasteiger partial charge in [0.25, 0.3) is 0 Å². The molecular formula is C20H29ClFN3O. The van der Waals surface area contributed by atoms with Crippen molar-refractivity contribution in [2.75, 3.05) is 32.7 Å². The standard InChI is InChI=1S/C20H29ClFN3O/c21-16-4-3-5-17(22)20(16)18(25-12-1-2-13-25)14-24-19(26)7-6-15-8-10-23-11-9-15/h3-5,15,18,23H,1-2,6-14H2,(H,24,26). The summed E-state index contributed by atoms with van der Waals surface area (Å²) in [6.45, 7) is 4.34. The number of hydrogen-bond donors (Lipinski definition) is 2. The van der Waals surface area contributed by atoms with Crippen LogP contribution < -0.4 is 10.6 Å². The van der Waals surface area contributed by atoms with Gasteiger partial charge in [0.15, 0.2) is 0 Å². The van der Waals surface area contributed by atoms with E-state index in [1.165, 1.54) is 6.07 Å². The number of nitrogens with one attached hydrogen (secondary N) is 2. The molecule has 0 saturated carbocycles. The number of carbonyl (C=O) groups excluding carboxylic acids is 1. The fourth-order valence-corrected chi connectivity index (χ4v) is 4.39. The van der Waals surface area contributed by atoms with Crippen LogP contribution >= 0.6 is 11.6 Å². The average molecular weight is 382 g/mol. The molecule has 0 aromatic heterocycles. The molecule has 2 N–H and O–H groups in total. The lowest BCUT2D eigenvalue weighted by atomic mass is 9.93. The van der Waals surface area contributed by atoms with Gasteiger partial charge in [-0.2, -0.15) is 0 Å². The van der Waals surface area contributed by atoms with Crippen molar-refractivity contribution >= 4 is 17.5 Å². The molecule has 2 heterocycles. The molecule has 0 bridgehead atoms. The number of nitrogens with zero attached hydrogens (tertiary/aromatic N) is 1. The first kappa shape index (κ1) is 19.6. The average Bonchev–Trinajstić information content (AvgIpc) is 3.17. The second-order valence-corrected chi connectivity index (χ2v) is 7.84. The fraction of sp³-hybridized carbons (Fsp3) is 0.650. The van der Waals surface area contributed by atoms with Crippen LogP contribution in [0, 0.1) is 11.7 Å². The van der Waals surface area contributed by atoms with E-state index in [-0.39, 0.29) is 17.8 Å². The van der Waals surface area contributed by atoms with Crippen LogP contribution in [0.15, 0.2) is 18.2 Å². The van der Waals surface area contributed by atoms with Gasteiger partial charge in [-0.1, -0.05) is 17.7 Å². The first-order chi connectivity index (χ1) is 12.6. The minimum absolute atomic E-state index is 0.0557. The normalized spacial score (nSPS) is 20.2. The lowest BCUT2D eigenvalue weighted by Gasteiger charge is -2.29. The molecule has 1 atom stereocenters. The van der Waals surface area contributed by atoms with Crippen molar-refractivity contribution < 1.29 is 9.18 Å². The minimum Gasteiger partial charge on any atom is -0.354 e. The van der Waals surface area contributed by atoms with Gasteiger partial charge < -0.3 is 10.6 Å². The molecule has 26 heavy (non-hydrogen) atoms. The van der Waals surface area contributed by atoms with E-state index in [0.29, 0.717) is 29.5 Å². The highest BCUT2D eigenvalue weighted by atomic mass is 35.5. The Morgan fingerprint density at radius 3 is 2.73 bits per heavy atom. The summed E-state index contributed by atoms with van der Waals surface area (Å²) in [5.74, 6) is 0.399. The monoisotopic (exact) mass is 381 g/mol. The largest absolute Gasteiger partial charge is 0.354 e. The lowest BCUT2D eigenvalue weighted by molar-refractivity contribution is -0.121. The number of likely N-dealkylation sites (tertiary alicyclic amines) is 1. The molecule has 2 aliphatic heterocycles. The number of carbonyl (C=O) groups is 1. The molecule has 1 aromatic carbocycles. The van der Waals surface area contributed by atoms with Crippen LogP contribution in [0.1, 0.15) is 50.1 Å². The van der Waals surface area contributed by atoms with Crippen molar-refractivity contribution in [3.63, 3.8) is 0 Å². The molecule has 144 valence electrons. The van der Waals surface area contributed by atoms with Crippen LogP contribution in [-0.4, -0.2) is 43.5 Å². The predicted octanol–water partition coefficient (Wildman–Crippen LogP) is 3.51. The van der Waals surface area contributed by atoms with Gasteiger partial charge in [-0.25, -0.2) is 4.39 Å². The van der Waals surface area contributed by atoms with Gasteiger partial charge in [-0.15, -0.1) is 0 Å². The number of piperidine rings is 1. The van der Waals surface area contributed by atoms with Crippen molar-refractivity contribution in [3.8, 4) is 0 Å². The maximum absolute atomic E-state index is 14.4. The summed E-state index contributed by atoms with van der Waals surface area (Å²) >= 11 is 6.30. The Bertz CT molecular complexity index is 580. The number of hydrogen-bond acceptors (Lipinski definition) is 3. The van der Waals surface area contributed by atoms with E-state index in [0.717, 1.165) is 58.3 Å². The molecule has 2 fully saturated rings. The Labute approximate surface area is 160 Å². The molecule has 1 aromatic rings. The zero-order chi connectivity index (χ0) is 18.4. The zero-order valence-corrected chi connectivity index (χ0v) is 16.0. The number of halogens is 2. The van der Waals surface area contributed by atoms with Gasteiger partial charge in [0.2, 0.25) is 5.91 Å². The van der Waals surface area contributed by atoms with Crippen LogP contribution in [0.25, 0.3) is 0 Å². The SMILES string of the molecule is O=C(CCC1CCNCC1)NCC(c1c(F)cccc1Cl)N1CCCC1. The van der Waals surface area contributed by atoms with Crippen LogP contribution in [0.5, 0.6) is 0 Å². The third-order valence-corrected chi connectivity index (χ3v) is 5.97. The Hall–Kier alpha value is -1.17. The Balaban J connectivity index is 1.58. The summed E-state index contributed by atoms with van der Waals surface area (Å²) in [5.41, 5.74) is 0.509. The van der Waals surface area contributed by atoms with Gasteiger partial charge in [0.05, 0.1) is 6.04 Å². The molecular weight excluding hydrogens is 353 g/mol. The molecule has 2 saturated heterocycles. The molecule has 6 heteroatoms. The van der Waals surface area contributed by atoms with Crippen LogP contribution in [0.4, 0.5) is 4.39 Å². The highest BCUT2D eigenvalue weighted by molar-refractivity contribution is 6.31. The Morgan fingerprint density at radius 1 is 1.31 bits per heavy atom. The lowest BCUT2D eigenvalue weighted by Crippen LogP contribution is -2.37. The Morgan fingerprint density at radius 2 is 2.04 bits per heavy atom. The first-order valence-corrected chi connectivity index (χ1v) is 10.2. The van der Waals surface area contributed by atoms with Crippen LogP contribution in [-0.2, 0) is 4.79 Å². The molecule has 0 spiro atoms. The highest BCUT2D eigenvalue weighted by Crippen LogP contribution is 2.32. The van der Waals surface area contributed by atoms with Gasteiger partial charge in [0, 0.05) is 23.6 Å². The smallest absolute Gasteiger partial charge is 0.220 e. The molecule has 1 unspecified atom stereocenters. The van der Waals surface area contributed by atoms with Crippen molar-refractivity contribution in [2.24, 2.45) is 5.92 Å². The van der Waals surface area contributed by atoms with E-state index in [1.807, 2.05) is 0 Å². The van der Waals surface area contributed by atoms with Crippen molar-refractivity contribution in [1.82, 2.24) is 15.5 Å². The number of rotatable bonds is 7. The topological polar surface area (TPSA) is 44.4 Å². The number of benzene rings is 1. The summed E-state index contributed by atoms with van der Waals surface area (Å²) in [4.78, 5) is 14.6. The summed E-state index contributed by atoms with van der Waals surface area (Å²) < 4.78 is 14.4. The second-order valence-electron chi connectivity index (χ2n) is 7.43. The van der Waals surface area contributed by atoms with Crippen LogP contribution in [0.2, 0.25) is 5.02 Å². The van der Waals surface area contributed by atoms with E-state index in [4.69, 9.17) is 11.6 Å². The van der Waals surface area contributed by atoms with Crippen LogP contribution in [0.3, 0.4) is 0 Å². The minimum atomic E-state index is -0.293. The van der Waals surface area contributed by atoms with Gasteiger partial charge >= 0.3 is 0 Å². The first-order valence-electron chi connectivity index (χ1n) is 9.80. The maximum atomic E-state index is 14.4. The summed E-state index contributed by atoms with van der Waals surface area (Å²) in [7, 11) is 0. The third-order valence-electron chi connectivity index (χ3n) is 5.65. The third kappa shape index (κ3) is 5.18. The molecule has 4 nitrogen and oxygen atoms in total. The molecule has 0 aliphatic carbocycles. The van der Waals surface area contributed by atoms with E-state index in [9.17, 15) is 9.18 Å². The summed E-state index contributed by atoms with van der Waals surface area (Å²) in [5, 5.41) is 6.81. The van der Waals surface area contributed by atoms with Gasteiger partial charge in [-0.05, 0) is 76.3 Å². The summed E-state index contributed by atoms with van der Waals surface area (Å²) in [6, 6.07) is 4.60. The second kappa shape index (κ2) is 9.67.